The van der Waals surface area contributed by atoms with Gasteiger partial charge in [-0.05, 0) is 23.8 Å². The summed E-state index contributed by atoms with van der Waals surface area (Å²) in [7, 11) is 0. The Hall–Kier alpha value is -1.72. The average Bonchev–Trinajstić information content (AvgIpc) is 2.82. The Morgan fingerprint density at radius 2 is 2.15 bits per heavy atom. The maximum absolute atomic E-state index is 13.3. The molecule has 0 unspecified atom stereocenters. The molecule has 6 heteroatoms. The standard InChI is InChI=1S/C14H10ClFN2OS/c15-13-8(2-1-3-10(13)16)7-20-14-18-11-5-4-9(17)6-12(11)19-14/h1-6H,7,17H2. The van der Waals surface area contributed by atoms with Crippen molar-refractivity contribution in [1.82, 2.24) is 4.98 Å². The van der Waals surface area contributed by atoms with Crippen molar-refractivity contribution in [3.8, 4) is 0 Å². The molecular weight excluding hydrogens is 299 g/mol. The van der Waals surface area contributed by atoms with Gasteiger partial charge in [0.05, 0.1) is 5.02 Å². The van der Waals surface area contributed by atoms with Gasteiger partial charge in [0.15, 0.2) is 5.58 Å². The number of nitrogens with two attached hydrogens (primary N) is 1. The van der Waals surface area contributed by atoms with E-state index in [0.717, 1.165) is 5.52 Å². The normalized spacial score (nSPS) is 11.1. The first-order valence-electron chi connectivity index (χ1n) is 5.85. The molecule has 1 heterocycles. The number of nitrogen functional groups attached to an aromatic ring is 1. The Balaban J connectivity index is 1.81. The van der Waals surface area contributed by atoms with Gasteiger partial charge in [0, 0.05) is 17.5 Å². The van der Waals surface area contributed by atoms with E-state index in [1.54, 1.807) is 30.3 Å². The van der Waals surface area contributed by atoms with Crippen LogP contribution in [0.15, 0.2) is 46.0 Å². The lowest BCUT2D eigenvalue weighted by Crippen LogP contribution is -1.86. The average molecular weight is 309 g/mol. The van der Waals surface area contributed by atoms with Gasteiger partial charge in [0.25, 0.3) is 5.22 Å². The van der Waals surface area contributed by atoms with E-state index in [1.165, 1.54) is 17.8 Å². The summed E-state index contributed by atoms with van der Waals surface area (Å²) in [5, 5.41) is 0.645. The Morgan fingerprint density at radius 3 is 3.00 bits per heavy atom. The molecule has 0 spiro atoms. The van der Waals surface area contributed by atoms with Gasteiger partial charge >= 0.3 is 0 Å². The van der Waals surface area contributed by atoms with E-state index in [2.05, 4.69) is 4.98 Å². The number of hydrogen-bond acceptors (Lipinski definition) is 4. The zero-order valence-corrected chi connectivity index (χ0v) is 11.8. The second-order valence-electron chi connectivity index (χ2n) is 4.21. The molecule has 2 aromatic carbocycles. The number of anilines is 1. The van der Waals surface area contributed by atoms with Crippen molar-refractivity contribution < 1.29 is 8.81 Å². The molecule has 0 amide bonds. The van der Waals surface area contributed by atoms with E-state index in [4.69, 9.17) is 21.8 Å². The topological polar surface area (TPSA) is 52.0 Å². The number of oxazole rings is 1. The molecule has 2 N–H and O–H groups in total. The minimum absolute atomic E-state index is 0.139. The van der Waals surface area contributed by atoms with E-state index in [0.29, 0.717) is 27.8 Å². The fraction of sp³-hybridized carbons (Fsp3) is 0.0714. The van der Waals surface area contributed by atoms with Crippen LogP contribution in [0, 0.1) is 5.82 Å². The molecule has 102 valence electrons. The number of nitrogens with zero attached hydrogens (tertiary/aromatic N) is 1. The maximum Gasteiger partial charge on any atom is 0.257 e. The van der Waals surface area contributed by atoms with E-state index in [1.807, 2.05) is 0 Å². The summed E-state index contributed by atoms with van der Waals surface area (Å²) in [6.45, 7) is 0. The van der Waals surface area contributed by atoms with Crippen LogP contribution < -0.4 is 5.73 Å². The molecule has 3 aromatic rings. The molecule has 0 fully saturated rings. The summed E-state index contributed by atoms with van der Waals surface area (Å²) in [6, 6.07) is 10.0. The number of benzene rings is 2. The number of aromatic nitrogens is 1. The number of fused-ring (bicyclic) bond motifs is 1. The van der Waals surface area contributed by atoms with Crippen molar-refractivity contribution >= 4 is 40.1 Å². The predicted molar refractivity (Wildman–Crippen MR) is 79.4 cm³/mol. The number of thioether (sulfide) groups is 1. The third kappa shape index (κ3) is 2.59. The first kappa shape index (κ1) is 13.3. The lowest BCUT2D eigenvalue weighted by Gasteiger charge is -2.02. The van der Waals surface area contributed by atoms with Crippen molar-refractivity contribution in [3.63, 3.8) is 0 Å². The Kier molecular flexibility index (Phi) is 3.54. The minimum atomic E-state index is -0.421. The number of hydrogen-bond donors (Lipinski definition) is 1. The summed E-state index contributed by atoms with van der Waals surface area (Å²) < 4.78 is 18.9. The lowest BCUT2D eigenvalue weighted by molar-refractivity contribution is 0.489. The molecule has 0 saturated carbocycles. The van der Waals surface area contributed by atoms with Crippen molar-refractivity contribution in [2.75, 3.05) is 5.73 Å². The smallest absolute Gasteiger partial charge is 0.257 e. The molecule has 3 nitrogen and oxygen atoms in total. The molecule has 0 aliphatic heterocycles. The van der Waals surface area contributed by atoms with Gasteiger partial charge in [0.1, 0.15) is 11.3 Å². The van der Waals surface area contributed by atoms with Crippen LogP contribution in [-0.4, -0.2) is 4.98 Å². The minimum Gasteiger partial charge on any atom is -0.431 e. The van der Waals surface area contributed by atoms with Gasteiger partial charge in [-0.25, -0.2) is 9.37 Å². The SMILES string of the molecule is Nc1ccc2nc(SCc3cccc(F)c3Cl)oc2c1. The second-order valence-corrected chi connectivity index (χ2v) is 5.51. The molecule has 0 radical (unpaired) electrons. The van der Waals surface area contributed by atoms with Crippen LogP contribution in [0.5, 0.6) is 0 Å². The van der Waals surface area contributed by atoms with Crippen molar-refractivity contribution in [3.05, 3.63) is 52.8 Å². The Labute approximate surface area is 123 Å². The van der Waals surface area contributed by atoms with E-state index >= 15 is 0 Å². The molecule has 20 heavy (non-hydrogen) atoms. The highest BCUT2D eigenvalue weighted by molar-refractivity contribution is 7.98. The molecule has 0 saturated heterocycles. The predicted octanol–water partition coefficient (Wildman–Crippen LogP) is 4.49. The molecule has 0 aliphatic rings. The van der Waals surface area contributed by atoms with Crippen LogP contribution in [0.4, 0.5) is 10.1 Å². The summed E-state index contributed by atoms with van der Waals surface area (Å²) in [4.78, 5) is 4.32. The monoisotopic (exact) mass is 308 g/mol. The first-order valence-corrected chi connectivity index (χ1v) is 7.21. The molecule has 3 rings (SSSR count). The molecule has 0 atom stereocenters. The fourth-order valence-corrected chi connectivity index (χ4v) is 2.88. The highest BCUT2D eigenvalue weighted by Crippen LogP contribution is 2.30. The van der Waals surface area contributed by atoms with Gasteiger partial charge < -0.3 is 10.2 Å². The van der Waals surface area contributed by atoms with Gasteiger partial charge in [-0.3, -0.25) is 0 Å². The van der Waals surface area contributed by atoms with Crippen LogP contribution in [0.25, 0.3) is 11.1 Å². The van der Waals surface area contributed by atoms with Crippen molar-refractivity contribution in [2.24, 2.45) is 0 Å². The van der Waals surface area contributed by atoms with Crippen LogP contribution >= 0.6 is 23.4 Å². The summed E-state index contributed by atoms with van der Waals surface area (Å²) in [5.74, 6) is 0.0638. The Morgan fingerprint density at radius 1 is 1.30 bits per heavy atom. The van der Waals surface area contributed by atoms with Gasteiger partial charge in [-0.1, -0.05) is 35.5 Å². The highest BCUT2D eigenvalue weighted by atomic mass is 35.5. The van der Waals surface area contributed by atoms with Gasteiger partial charge in [0.2, 0.25) is 0 Å². The zero-order valence-electron chi connectivity index (χ0n) is 10.3. The third-order valence-corrected chi connectivity index (χ3v) is 4.08. The maximum atomic E-state index is 13.3. The molecular formula is C14H10ClFN2OS. The summed E-state index contributed by atoms with van der Waals surface area (Å²) >= 11 is 7.26. The van der Waals surface area contributed by atoms with Crippen LogP contribution in [-0.2, 0) is 5.75 Å². The third-order valence-electron chi connectivity index (χ3n) is 2.78. The van der Waals surface area contributed by atoms with Gasteiger partial charge in [-0.2, -0.15) is 0 Å². The van der Waals surface area contributed by atoms with Crippen LogP contribution in [0.2, 0.25) is 5.02 Å². The van der Waals surface area contributed by atoms with E-state index in [9.17, 15) is 4.39 Å². The largest absolute Gasteiger partial charge is 0.431 e. The molecule has 1 aromatic heterocycles. The fourth-order valence-electron chi connectivity index (χ4n) is 1.78. The van der Waals surface area contributed by atoms with Crippen LogP contribution in [0.3, 0.4) is 0 Å². The molecule has 0 bridgehead atoms. The molecule has 0 aliphatic carbocycles. The quantitative estimate of drug-likeness (QED) is 0.572. The lowest BCUT2D eigenvalue weighted by atomic mass is 10.2. The van der Waals surface area contributed by atoms with Crippen molar-refractivity contribution in [2.45, 2.75) is 11.0 Å². The number of rotatable bonds is 3. The van der Waals surface area contributed by atoms with Crippen molar-refractivity contribution in [1.29, 1.82) is 0 Å². The zero-order chi connectivity index (χ0) is 14.1. The number of halogens is 2. The second kappa shape index (κ2) is 5.34. The van der Waals surface area contributed by atoms with E-state index < -0.39 is 5.82 Å². The first-order chi connectivity index (χ1) is 9.63. The summed E-state index contributed by atoms with van der Waals surface area (Å²) in [5.41, 5.74) is 8.39. The van der Waals surface area contributed by atoms with Gasteiger partial charge in [-0.15, -0.1) is 0 Å². The Bertz CT molecular complexity index is 775. The van der Waals surface area contributed by atoms with E-state index in [-0.39, 0.29) is 5.02 Å². The van der Waals surface area contributed by atoms with Crippen LogP contribution in [0.1, 0.15) is 5.56 Å². The summed E-state index contributed by atoms with van der Waals surface area (Å²) in [6.07, 6.45) is 0. The highest BCUT2D eigenvalue weighted by Gasteiger charge is 2.10.